The quantitative estimate of drug-likeness (QED) is 0.254. The largest absolute Gasteiger partial charge is 0.456 e. The maximum absolute atomic E-state index is 16.8. The van der Waals surface area contributed by atoms with Gasteiger partial charge in [0.1, 0.15) is 12.2 Å². The van der Waals surface area contributed by atoms with Crippen LogP contribution in [0.2, 0.25) is 0 Å². The Labute approximate surface area is 327 Å². The molecular formula is C41H67FN4O9. The number of cyclic esters (lactones) is 1. The number of carbonyl (C=O) groups excluding carboxylic acids is 3. The Bertz CT molecular complexity index is 1470. The van der Waals surface area contributed by atoms with Gasteiger partial charge in [-0.3, -0.25) is 4.79 Å². The molecule has 0 aliphatic carbocycles. The van der Waals surface area contributed by atoms with E-state index in [1.165, 1.54) is 19.6 Å². The molecule has 3 aliphatic heterocycles. The Morgan fingerprint density at radius 3 is 2.27 bits per heavy atom. The minimum absolute atomic E-state index is 0.225. The highest BCUT2D eigenvalue weighted by atomic mass is 19.1. The van der Waals surface area contributed by atoms with Gasteiger partial charge in [-0.2, -0.15) is 0 Å². The highest BCUT2D eigenvalue weighted by Crippen LogP contribution is 2.44. The number of benzene rings is 1. The first-order valence-electron chi connectivity index (χ1n) is 19.9. The number of likely N-dealkylation sites (N-methyl/N-ethyl adjacent to an activating group) is 1. The number of rotatable bonds is 10. The van der Waals surface area contributed by atoms with Crippen molar-refractivity contribution in [1.82, 2.24) is 14.9 Å². The monoisotopic (exact) mass is 778 g/mol. The summed E-state index contributed by atoms with van der Waals surface area (Å²) >= 11 is 0. The Kier molecular flexibility index (Phi) is 14.6. The molecule has 3 saturated heterocycles. The van der Waals surface area contributed by atoms with Crippen LogP contribution in [0.15, 0.2) is 30.3 Å². The van der Waals surface area contributed by atoms with E-state index in [-0.39, 0.29) is 24.5 Å². The summed E-state index contributed by atoms with van der Waals surface area (Å²) < 4.78 is 47.6. The molecule has 4 rings (SSSR count). The van der Waals surface area contributed by atoms with Gasteiger partial charge in [-0.05, 0) is 91.8 Å². The smallest absolute Gasteiger partial charge is 0.425 e. The summed E-state index contributed by atoms with van der Waals surface area (Å²) in [5.74, 6) is -4.58. The van der Waals surface area contributed by atoms with Crippen molar-refractivity contribution < 1.29 is 47.6 Å². The van der Waals surface area contributed by atoms with Crippen molar-refractivity contribution in [3.63, 3.8) is 0 Å². The average Bonchev–Trinajstić information content (AvgIpc) is 3.42. The van der Waals surface area contributed by atoms with Crippen LogP contribution in [0.3, 0.4) is 0 Å². The normalized spacial score (nSPS) is 40.9. The number of carbonyl (C=O) groups is 3. The number of halogens is 1. The predicted octanol–water partition coefficient (Wildman–Crippen LogP) is 4.52. The van der Waals surface area contributed by atoms with E-state index in [1.807, 2.05) is 69.9 Å². The van der Waals surface area contributed by atoms with Crippen molar-refractivity contribution in [2.24, 2.45) is 23.5 Å². The topological polar surface area (TPSA) is 153 Å². The molecule has 0 radical (unpaired) electrons. The zero-order valence-electron chi connectivity index (χ0n) is 35.0. The fraction of sp³-hybridized carbons (Fsp3) is 0.780. The van der Waals surface area contributed by atoms with E-state index in [4.69, 9.17) is 29.4 Å². The van der Waals surface area contributed by atoms with Crippen molar-refractivity contribution in [3.05, 3.63) is 35.9 Å². The number of methoxy groups -OCH3 is 1. The number of Topliss-reactive ketones (excluding diaryl/α,β-unsaturated/α-hetero) is 1. The molecule has 0 bridgehead atoms. The van der Waals surface area contributed by atoms with E-state index < -0.39 is 83.2 Å². The molecule has 55 heavy (non-hydrogen) atoms. The lowest BCUT2D eigenvalue weighted by molar-refractivity contribution is -0.296. The lowest BCUT2D eigenvalue weighted by Gasteiger charge is -2.48. The molecule has 1 aromatic rings. The van der Waals surface area contributed by atoms with E-state index in [2.05, 4.69) is 12.1 Å². The SMILES string of the molecule is CCN(CCCc1ccccc1)N1C(=O)O[C@]2(C)[C@H](C)OC(=O)C(C)(F)C(=O)[C@H](C)[C@@H](O[C@@H]3O[C@H](C)C[C@H](N(C)C)[C@H]3O)[C@@](C)(OC)C[C@@H](C)C(N)[C@@H](C)[C@@H]12. The number of nitrogens with two attached hydrogens (primary N) is 1. The molecule has 1 amide bonds. The van der Waals surface area contributed by atoms with Crippen LogP contribution >= 0.6 is 0 Å². The number of esters is 1. The van der Waals surface area contributed by atoms with Crippen LogP contribution < -0.4 is 5.73 Å². The Morgan fingerprint density at radius 2 is 1.69 bits per heavy atom. The molecule has 0 aromatic heterocycles. The van der Waals surface area contributed by atoms with Crippen LogP contribution in [0.25, 0.3) is 0 Å². The van der Waals surface area contributed by atoms with Crippen LogP contribution in [0.5, 0.6) is 0 Å². The van der Waals surface area contributed by atoms with Crippen LogP contribution in [0.1, 0.15) is 87.1 Å². The zero-order valence-corrected chi connectivity index (χ0v) is 35.0. The number of aliphatic hydroxyl groups excluding tert-OH is 1. The molecule has 312 valence electrons. The maximum Gasteiger partial charge on any atom is 0.425 e. The number of hydrazine groups is 1. The average molecular weight is 779 g/mol. The van der Waals surface area contributed by atoms with Crippen molar-refractivity contribution in [3.8, 4) is 0 Å². The van der Waals surface area contributed by atoms with Gasteiger partial charge in [-0.1, -0.05) is 58.0 Å². The third kappa shape index (κ3) is 9.21. The number of ether oxygens (including phenoxy) is 5. The van der Waals surface area contributed by atoms with Crippen LogP contribution in [-0.4, -0.2) is 138 Å². The summed E-state index contributed by atoms with van der Waals surface area (Å²) in [5, 5.41) is 14.9. The van der Waals surface area contributed by atoms with E-state index >= 15 is 4.39 Å². The molecule has 1 aromatic carbocycles. The van der Waals surface area contributed by atoms with Gasteiger partial charge in [0, 0.05) is 38.2 Å². The van der Waals surface area contributed by atoms with Crippen LogP contribution in [-0.2, 0) is 39.7 Å². The van der Waals surface area contributed by atoms with E-state index in [0.29, 0.717) is 19.5 Å². The van der Waals surface area contributed by atoms with Gasteiger partial charge in [0.25, 0.3) is 5.67 Å². The summed E-state index contributed by atoms with van der Waals surface area (Å²) in [4.78, 5) is 43.9. The highest BCUT2D eigenvalue weighted by Gasteiger charge is 2.62. The lowest BCUT2D eigenvalue weighted by Crippen LogP contribution is -2.64. The van der Waals surface area contributed by atoms with E-state index in [0.717, 1.165) is 19.8 Å². The Balaban J connectivity index is 1.76. The summed E-state index contributed by atoms with van der Waals surface area (Å²) in [6.07, 6.45) is -3.32. The Morgan fingerprint density at radius 1 is 1.05 bits per heavy atom. The fourth-order valence-electron chi connectivity index (χ4n) is 9.00. The standard InChI is InChI=1S/C41H67FN4O9/c1-13-45(21-17-20-29-18-15-14-16-19-29)46-33-26(4)31(43)24(2)23-39(7,51-12)35(54-36-32(47)30(44(10)11)22-25(3)52-36)27(5)34(48)40(8,42)37(49)53-28(6)41(33,9)55-38(46)50/h14-16,18-19,24-28,30-33,35-36,47H,13,17,20-23,43H2,1-12H3/t24-,25-,26-,27+,28+,30+,31?,32-,33-,35-,36+,39+,40?,41-/m1/s1. The lowest BCUT2D eigenvalue weighted by atomic mass is 9.72. The molecular weight excluding hydrogens is 711 g/mol. The molecule has 0 saturated carbocycles. The highest BCUT2D eigenvalue weighted by molar-refractivity contribution is 6.07. The number of nitrogens with zero attached hydrogens (tertiary/aromatic N) is 3. The van der Waals surface area contributed by atoms with Gasteiger partial charge in [-0.25, -0.2) is 24.0 Å². The minimum atomic E-state index is -3.13. The second-order valence-corrected chi connectivity index (χ2v) is 16.9. The second kappa shape index (κ2) is 17.8. The van der Waals surface area contributed by atoms with Gasteiger partial charge < -0.3 is 39.4 Å². The summed E-state index contributed by atoms with van der Waals surface area (Å²) in [6, 6.07) is 8.42. The first-order valence-corrected chi connectivity index (χ1v) is 19.9. The third-order valence-electron chi connectivity index (χ3n) is 12.7. The van der Waals surface area contributed by atoms with Crippen LogP contribution in [0, 0.1) is 17.8 Å². The number of hydrogen-bond acceptors (Lipinski definition) is 12. The maximum atomic E-state index is 16.8. The van der Waals surface area contributed by atoms with E-state index in [1.54, 1.807) is 25.8 Å². The number of aliphatic hydroxyl groups is 1. The number of aryl methyl sites for hydroxylation is 1. The first-order chi connectivity index (χ1) is 25.6. The predicted molar refractivity (Wildman–Crippen MR) is 205 cm³/mol. The molecule has 2 unspecified atom stereocenters. The van der Waals surface area contributed by atoms with Gasteiger partial charge >= 0.3 is 12.1 Å². The van der Waals surface area contributed by atoms with Gasteiger partial charge in [-0.15, -0.1) is 0 Å². The molecule has 13 nitrogen and oxygen atoms in total. The molecule has 3 heterocycles. The zero-order chi connectivity index (χ0) is 41.2. The minimum Gasteiger partial charge on any atom is -0.456 e. The van der Waals surface area contributed by atoms with Gasteiger partial charge in [0.2, 0.25) is 0 Å². The number of alkyl halides is 1. The van der Waals surface area contributed by atoms with Gasteiger partial charge in [0.15, 0.2) is 17.7 Å². The molecule has 14 atom stereocenters. The fourth-order valence-corrected chi connectivity index (χ4v) is 9.00. The third-order valence-corrected chi connectivity index (χ3v) is 12.7. The van der Waals surface area contributed by atoms with Crippen molar-refractivity contribution in [2.75, 3.05) is 34.3 Å². The van der Waals surface area contributed by atoms with E-state index in [9.17, 15) is 19.5 Å². The molecule has 3 fully saturated rings. The number of amides is 1. The Hall–Kier alpha value is -2.72. The van der Waals surface area contributed by atoms with Crippen molar-refractivity contribution in [1.29, 1.82) is 0 Å². The number of hydrogen-bond donors (Lipinski definition) is 2. The molecule has 3 N–H and O–H groups in total. The summed E-state index contributed by atoms with van der Waals surface area (Å²) in [5.41, 5.74) is 2.43. The number of ketones is 1. The molecule has 14 heteroatoms. The number of fused-ring (bicyclic) bond motifs is 1. The van der Waals surface area contributed by atoms with Crippen molar-refractivity contribution >= 4 is 17.8 Å². The summed E-state index contributed by atoms with van der Waals surface area (Å²) in [6.45, 7) is 16.0. The van der Waals surface area contributed by atoms with Crippen molar-refractivity contribution in [2.45, 2.75) is 154 Å². The molecule has 3 aliphatic rings. The van der Waals surface area contributed by atoms with Crippen LogP contribution in [0.4, 0.5) is 9.18 Å². The first kappa shape index (κ1) is 45.0. The van der Waals surface area contributed by atoms with Gasteiger partial charge in [0.05, 0.1) is 23.9 Å². The second-order valence-electron chi connectivity index (χ2n) is 16.9. The molecule has 0 spiro atoms. The summed E-state index contributed by atoms with van der Waals surface area (Å²) in [7, 11) is 5.17.